The van der Waals surface area contributed by atoms with Gasteiger partial charge >= 0.3 is 0 Å². The van der Waals surface area contributed by atoms with Crippen LogP contribution in [0.4, 0.5) is 4.39 Å². The maximum absolute atomic E-state index is 13.0. The zero-order valence-electron chi connectivity index (χ0n) is 12.8. The van der Waals surface area contributed by atoms with Crippen LogP contribution in [-0.4, -0.2) is 23.7 Å². The van der Waals surface area contributed by atoms with Crippen molar-refractivity contribution in [2.24, 2.45) is 5.41 Å². The van der Waals surface area contributed by atoms with Crippen molar-refractivity contribution in [1.29, 1.82) is 0 Å². The lowest BCUT2D eigenvalue weighted by Crippen LogP contribution is -2.61. The molecule has 0 amide bonds. The SMILES string of the molecule is CCOC1CC(NC(CC)c2ccc(F)cn2)C1(C)C. The Bertz CT molecular complexity index is 433. The molecule has 0 saturated heterocycles. The highest BCUT2D eigenvalue weighted by atomic mass is 19.1. The molecule has 0 aromatic carbocycles. The van der Waals surface area contributed by atoms with Crippen LogP contribution in [0.25, 0.3) is 0 Å². The third-order valence-corrected chi connectivity index (χ3v) is 4.46. The second kappa shape index (κ2) is 6.19. The number of ether oxygens (including phenoxy) is 1. The van der Waals surface area contributed by atoms with Crippen molar-refractivity contribution in [2.75, 3.05) is 6.61 Å². The normalized spacial score (nSPS) is 26.1. The van der Waals surface area contributed by atoms with E-state index in [1.54, 1.807) is 6.07 Å². The summed E-state index contributed by atoms with van der Waals surface area (Å²) >= 11 is 0. The van der Waals surface area contributed by atoms with Crippen LogP contribution in [0.2, 0.25) is 0 Å². The highest BCUT2D eigenvalue weighted by Gasteiger charge is 2.49. The molecule has 1 aliphatic carbocycles. The van der Waals surface area contributed by atoms with Gasteiger partial charge in [0.05, 0.1) is 18.0 Å². The van der Waals surface area contributed by atoms with Gasteiger partial charge in [-0.2, -0.15) is 0 Å². The fraction of sp³-hybridized carbons (Fsp3) is 0.688. The number of aromatic nitrogens is 1. The fourth-order valence-electron chi connectivity index (χ4n) is 2.90. The molecule has 1 heterocycles. The second-order valence-corrected chi connectivity index (χ2v) is 6.08. The Morgan fingerprint density at radius 3 is 2.70 bits per heavy atom. The van der Waals surface area contributed by atoms with Crippen LogP contribution in [0.1, 0.15) is 52.3 Å². The number of hydrogen-bond donors (Lipinski definition) is 1. The summed E-state index contributed by atoms with van der Waals surface area (Å²) in [5.74, 6) is -0.288. The lowest BCUT2D eigenvalue weighted by Gasteiger charge is -2.52. The van der Waals surface area contributed by atoms with Crippen molar-refractivity contribution < 1.29 is 9.13 Å². The van der Waals surface area contributed by atoms with Crippen molar-refractivity contribution in [2.45, 2.75) is 58.7 Å². The molecule has 0 radical (unpaired) electrons. The summed E-state index contributed by atoms with van der Waals surface area (Å²) in [7, 11) is 0. The van der Waals surface area contributed by atoms with E-state index in [1.807, 2.05) is 6.92 Å². The Balaban J connectivity index is 2.00. The van der Waals surface area contributed by atoms with Crippen LogP contribution < -0.4 is 5.32 Å². The molecule has 112 valence electrons. The Morgan fingerprint density at radius 2 is 2.20 bits per heavy atom. The Morgan fingerprint density at radius 1 is 1.45 bits per heavy atom. The standard InChI is InChI=1S/C16H25FN2O/c1-5-12(13-8-7-11(17)10-18-13)19-14-9-15(20-6-2)16(14,3)4/h7-8,10,12,14-15,19H,5-6,9H2,1-4H3. The fourth-order valence-corrected chi connectivity index (χ4v) is 2.90. The minimum atomic E-state index is -0.288. The van der Waals surface area contributed by atoms with Crippen LogP contribution >= 0.6 is 0 Å². The number of nitrogens with zero attached hydrogens (tertiary/aromatic N) is 1. The molecule has 3 atom stereocenters. The zero-order valence-corrected chi connectivity index (χ0v) is 12.8. The number of pyridine rings is 1. The van der Waals surface area contributed by atoms with Gasteiger partial charge in [0.1, 0.15) is 5.82 Å². The van der Waals surface area contributed by atoms with E-state index < -0.39 is 0 Å². The van der Waals surface area contributed by atoms with Gasteiger partial charge in [0, 0.05) is 24.1 Å². The van der Waals surface area contributed by atoms with Gasteiger partial charge in [-0.15, -0.1) is 0 Å². The molecule has 3 unspecified atom stereocenters. The minimum absolute atomic E-state index is 0.128. The van der Waals surface area contributed by atoms with Gasteiger partial charge in [0.25, 0.3) is 0 Å². The van der Waals surface area contributed by atoms with Crippen molar-refractivity contribution in [3.63, 3.8) is 0 Å². The maximum atomic E-state index is 13.0. The number of rotatable bonds is 6. The van der Waals surface area contributed by atoms with E-state index in [4.69, 9.17) is 4.74 Å². The van der Waals surface area contributed by atoms with Crippen molar-refractivity contribution >= 4 is 0 Å². The second-order valence-electron chi connectivity index (χ2n) is 6.08. The lowest BCUT2D eigenvalue weighted by atomic mass is 9.64. The quantitative estimate of drug-likeness (QED) is 0.866. The van der Waals surface area contributed by atoms with Gasteiger partial charge in [0.2, 0.25) is 0 Å². The molecular weight excluding hydrogens is 255 g/mol. The predicted octanol–water partition coefficient (Wildman–Crippen LogP) is 3.47. The molecule has 0 bridgehead atoms. The number of nitrogens with one attached hydrogen (secondary N) is 1. The predicted molar refractivity (Wildman–Crippen MR) is 78.0 cm³/mol. The number of hydrogen-bond acceptors (Lipinski definition) is 3. The first-order valence-corrected chi connectivity index (χ1v) is 7.48. The first-order valence-electron chi connectivity index (χ1n) is 7.48. The third-order valence-electron chi connectivity index (χ3n) is 4.46. The Hall–Kier alpha value is -1.00. The van der Waals surface area contributed by atoms with Crippen molar-refractivity contribution in [3.8, 4) is 0 Å². The van der Waals surface area contributed by atoms with E-state index in [0.717, 1.165) is 25.1 Å². The Labute approximate surface area is 120 Å². The Kier molecular flexibility index (Phi) is 4.76. The van der Waals surface area contributed by atoms with Gasteiger partial charge in [-0.1, -0.05) is 20.8 Å². The van der Waals surface area contributed by atoms with E-state index in [1.165, 1.54) is 12.3 Å². The van der Waals surface area contributed by atoms with Gasteiger partial charge in [-0.25, -0.2) is 4.39 Å². The molecule has 4 heteroatoms. The molecule has 1 aromatic rings. The van der Waals surface area contributed by atoms with Crippen LogP contribution in [0.5, 0.6) is 0 Å². The molecule has 1 N–H and O–H groups in total. The average Bonchev–Trinajstić information content (AvgIpc) is 2.43. The molecule has 1 aromatic heterocycles. The third kappa shape index (κ3) is 3.01. The summed E-state index contributed by atoms with van der Waals surface area (Å²) in [5.41, 5.74) is 1.04. The van der Waals surface area contributed by atoms with Crippen LogP contribution in [0.15, 0.2) is 18.3 Å². The van der Waals surface area contributed by atoms with E-state index in [9.17, 15) is 4.39 Å². The molecule has 1 saturated carbocycles. The molecular formula is C16H25FN2O. The zero-order chi connectivity index (χ0) is 14.8. The largest absolute Gasteiger partial charge is 0.378 e. The average molecular weight is 280 g/mol. The first-order chi connectivity index (χ1) is 9.48. The van der Waals surface area contributed by atoms with Gasteiger partial charge < -0.3 is 10.1 Å². The summed E-state index contributed by atoms with van der Waals surface area (Å²) in [6, 6.07) is 3.82. The van der Waals surface area contributed by atoms with E-state index in [-0.39, 0.29) is 17.3 Å². The summed E-state index contributed by atoms with van der Waals surface area (Å²) < 4.78 is 18.7. The molecule has 3 nitrogen and oxygen atoms in total. The van der Waals surface area contributed by atoms with E-state index >= 15 is 0 Å². The van der Waals surface area contributed by atoms with E-state index in [0.29, 0.717) is 12.1 Å². The van der Waals surface area contributed by atoms with Gasteiger partial charge in [-0.05, 0) is 31.9 Å². The summed E-state index contributed by atoms with van der Waals surface area (Å²) in [5, 5.41) is 3.65. The molecule has 0 spiro atoms. The van der Waals surface area contributed by atoms with Crippen molar-refractivity contribution in [3.05, 3.63) is 29.8 Å². The van der Waals surface area contributed by atoms with Gasteiger partial charge in [0.15, 0.2) is 0 Å². The highest BCUT2D eigenvalue weighted by Crippen LogP contribution is 2.43. The van der Waals surface area contributed by atoms with Crippen LogP contribution in [-0.2, 0) is 4.74 Å². The highest BCUT2D eigenvalue weighted by molar-refractivity contribution is 5.12. The minimum Gasteiger partial charge on any atom is -0.378 e. The molecule has 1 fully saturated rings. The molecule has 0 aliphatic heterocycles. The topological polar surface area (TPSA) is 34.1 Å². The maximum Gasteiger partial charge on any atom is 0.141 e. The van der Waals surface area contributed by atoms with Crippen molar-refractivity contribution in [1.82, 2.24) is 10.3 Å². The lowest BCUT2D eigenvalue weighted by molar-refractivity contribution is -0.116. The molecule has 1 aliphatic rings. The summed E-state index contributed by atoms with van der Waals surface area (Å²) in [4.78, 5) is 4.20. The molecule has 20 heavy (non-hydrogen) atoms. The smallest absolute Gasteiger partial charge is 0.141 e. The molecule has 2 rings (SSSR count). The van der Waals surface area contributed by atoms with Crippen LogP contribution in [0, 0.1) is 11.2 Å². The number of halogens is 1. The van der Waals surface area contributed by atoms with Crippen LogP contribution in [0.3, 0.4) is 0 Å². The summed E-state index contributed by atoms with van der Waals surface area (Å²) in [6.45, 7) is 9.39. The summed E-state index contributed by atoms with van der Waals surface area (Å²) in [6.07, 6.45) is 3.57. The van der Waals surface area contributed by atoms with E-state index in [2.05, 4.69) is 31.1 Å². The van der Waals surface area contributed by atoms with Gasteiger partial charge in [-0.3, -0.25) is 4.98 Å². The monoisotopic (exact) mass is 280 g/mol. The first kappa shape index (κ1) is 15.4.